The van der Waals surface area contributed by atoms with Crippen molar-refractivity contribution < 1.29 is 29.0 Å². The summed E-state index contributed by atoms with van der Waals surface area (Å²) in [5.74, 6) is -1.59. The van der Waals surface area contributed by atoms with Crippen LogP contribution >= 0.6 is 0 Å². The quantitative estimate of drug-likeness (QED) is 0.488. The average Bonchev–Trinajstić information content (AvgIpc) is 3.49. The van der Waals surface area contributed by atoms with Crippen molar-refractivity contribution in [2.75, 3.05) is 11.5 Å². The van der Waals surface area contributed by atoms with Gasteiger partial charge in [0.15, 0.2) is 5.78 Å². The van der Waals surface area contributed by atoms with Crippen molar-refractivity contribution in [3.63, 3.8) is 0 Å². The van der Waals surface area contributed by atoms with E-state index in [9.17, 15) is 24.8 Å². The molecule has 202 valence electrons. The third-order valence-electron chi connectivity index (χ3n) is 9.42. The van der Waals surface area contributed by atoms with Crippen LogP contribution in [0.25, 0.3) is 10.8 Å². The average molecular weight is 537 g/mol. The zero-order chi connectivity index (χ0) is 27.8. The number of hydrogen-bond acceptors (Lipinski definition) is 7. The number of carbonyl (C=O) groups is 3. The van der Waals surface area contributed by atoms with Crippen molar-refractivity contribution in [1.29, 1.82) is 5.26 Å². The molecule has 3 saturated heterocycles. The molecular formula is C32H28N2O6. The van der Waals surface area contributed by atoms with Crippen LogP contribution in [0.1, 0.15) is 54.1 Å². The van der Waals surface area contributed by atoms with Gasteiger partial charge >= 0.3 is 0 Å². The molecule has 3 fully saturated rings. The van der Waals surface area contributed by atoms with Gasteiger partial charge in [0.05, 0.1) is 47.5 Å². The molecular weight excluding hydrogens is 508 g/mol. The van der Waals surface area contributed by atoms with E-state index in [2.05, 4.69) is 6.07 Å². The standard InChI is InChI=1S/C32H28N2O6/c1-31-26(36)16-32(40-31,14-15-39-25-11-5-8-21-22(25)9-4-10-24(21)35)28-27(31)29(37)34(30(28)38)23-13-12-18(17-33)19-6-2-3-7-20(19)23/h2-3,5-8,11-13,26-28,36H,4,9-10,14-16H2,1H3/t26?,27-,28+,31-,32+/m1/s1. The summed E-state index contributed by atoms with van der Waals surface area (Å²) in [6, 6.07) is 18.2. The molecule has 0 aromatic heterocycles. The van der Waals surface area contributed by atoms with Gasteiger partial charge in [0.1, 0.15) is 11.4 Å². The molecule has 0 spiro atoms. The maximum absolute atomic E-state index is 14.1. The molecule has 40 heavy (non-hydrogen) atoms. The predicted octanol–water partition coefficient (Wildman–Crippen LogP) is 4.10. The molecule has 0 radical (unpaired) electrons. The summed E-state index contributed by atoms with van der Waals surface area (Å²) < 4.78 is 12.6. The molecule has 8 heteroatoms. The first-order valence-corrected chi connectivity index (χ1v) is 13.7. The Bertz CT molecular complexity index is 1660. The molecule has 1 N–H and O–H groups in total. The largest absolute Gasteiger partial charge is 0.493 e. The molecule has 1 unspecified atom stereocenters. The van der Waals surface area contributed by atoms with Crippen LogP contribution in [0, 0.1) is 23.2 Å². The lowest BCUT2D eigenvalue weighted by molar-refractivity contribution is -0.134. The van der Waals surface area contributed by atoms with Crippen LogP contribution in [0.15, 0.2) is 54.6 Å². The van der Waals surface area contributed by atoms with Crippen LogP contribution in [0.4, 0.5) is 5.69 Å². The van der Waals surface area contributed by atoms with Gasteiger partial charge in [-0.1, -0.05) is 36.4 Å². The van der Waals surface area contributed by atoms with Crippen LogP contribution in [0.3, 0.4) is 0 Å². The van der Waals surface area contributed by atoms with Crippen molar-refractivity contribution >= 4 is 34.1 Å². The van der Waals surface area contributed by atoms with E-state index < -0.39 is 35.0 Å². The fourth-order valence-electron chi connectivity index (χ4n) is 7.55. The van der Waals surface area contributed by atoms with Gasteiger partial charge in [-0.25, -0.2) is 4.90 Å². The highest BCUT2D eigenvalue weighted by Gasteiger charge is 2.77. The number of anilines is 1. The molecule has 0 saturated carbocycles. The molecule has 3 aromatic rings. The second-order valence-corrected chi connectivity index (χ2v) is 11.5. The van der Waals surface area contributed by atoms with E-state index in [1.807, 2.05) is 30.3 Å². The van der Waals surface area contributed by atoms with Crippen LogP contribution in [-0.2, 0) is 20.7 Å². The summed E-state index contributed by atoms with van der Waals surface area (Å²) in [7, 11) is 0. The number of benzene rings is 3. The Balaban J connectivity index is 1.21. The Morgan fingerprint density at radius 2 is 1.80 bits per heavy atom. The van der Waals surface area contributed by atoms with Crippen LogP contribution in [0.5, 0.6) is 5.75 Å². The molecule has 3 heterocycles. The number of rotatable bonds is 5. The van der Waals surface area contributed by atoms with Gasteiger partial charge in [0.25, 0.3) is 0 Å². The number of amides is 2. The fraction of sp³-hybridized carbons (Fsp3) is 0.375. The number of carbonyl (C=O) groups excluding carboxylic acids is 3. The van der Waals surface area contributed by atoms with E-state index in [0.717, 1.165) is 18.4 Å². The molecule has 2 bridgehead atoms. The first-order chi connectivity index (χ1) is 19.3. The molecule has 3 aromatic carbocycles. The number of nitriles is 1. The summed E-state index contributed by atoms with van der Waals surface area (Å²) in [6.07, 6.45) is 1.70. The van der Waals surface area contributed by atoms with Crippen molar-refractivity contribution in [2.45, 2.75) is 56.3 Å². The molecule has 8 nitrogen and oxygen atoms in total. The van der Waals surface area contributed by atoms with Crippen molar-refractivity contribution in [3.05, 3.63) is 71.3 Å². The predicted molar refractivity (Wildman–Crippen MR) is 145 cm³/mol. The van der Waals surface area contributed by atoms with Gasteiger partial charge in [0, 0.05) is 41.2 Å². The summed E-state index contributed by atoms with van der Waals surface area (Å²) in [6.45, 7) is 1.92. The summed E-state index contributed by atoms with van der Waals surface area (Å²) in [5, 5.41) is 22.0. The molecule has 4 aliphatic rings. The molecule has 1 aliphatic carbocycles. The Morgan fingerprint density at radius 3 is 2.60 bits per heavy atom. The molecule has 2 amide bonds. The lowest BCUT2D eigenvalue weighted by atomic mass is 9.66. The monoisotopic (exact) mass is 536 g/mol. The van der Waals surface area contributed by atoms with E-state index in [1.54, 1.807) is 31.2 Å². The summed E-state index contributed by atoms with van der Waals surface area (Å²) >= 11 is 0. The second kappa shape index (κ2) is 8.72. The van der Waals surface area contributed by atoms with Gasteiger partial charge in [-0.05, 0) is 38.0 Å². The smallest absolute Gasteiger partial charge is 0.240 e. The maximum Gasteiger partial charge on any atom is 0.240 e. The van der Waals surface area contributed by atoms with Crippen molar-refractivity contribution in [1.82, 2.24) is 0 Å². The minimum Gasteiger partial charge on any atom is -0.493 e. The Kier molecular flexibility index (Phi) is 5.44. The maximum atomic E-state index is 14.1. The van der Waals surface area contributed by atoms with Crippen molar-refractivity contribution in [2.24, 2.45) is 11.8 Å². The normalized spacial score (nSPS) is 30.5. The zero-order valence-electron chi connectivity index (χ0n) is 22.1. The molecule has 5 atom stereocenters. The Morgan fingerprint density at radius 1 is 1.02 bits per heavy atom. The van der Waals surface area contributed by atoms with Gasteiger partial charge in [-0.2, -0.15) is 5.26 Å². The van der Waals surface area contributed by atoms with Gasteiger partial charge < -0.3 is 14.6 Å². The van der Waals surface area contributed by atoms with Crippen molar-refractivity contribution in [3.8, 4) is 11.8 Å². The van der Waals surface area contributed by atoms with Gasteiger partial charge in [-0.3, -0.25) is 14.4 Å². The fourth-order valence-corrected chi connectivity index (χ4v) is 7.55. The van der Waals surface area contributed by atoms with E-state index in [4.69, 9.17) is 9.47 Å². The van der Waals surface area contributed by atoms with Gasteiger partial charge in [-0.15, -0.1) is 0 Å². The number of aliphatic hydroxyl groups excluding tert-OH is 1. The lowest BCUT2D eigenvalue weighted by Crippen LogP contribution is -2.49. The van der Waals surface area contributed by atoms with Crippen LogP contribution in [-0.4, -0.2) is 46.6 Å². The van der Waals surface area contributed by atoms with E-state index in [-0.39, 0.29) is 24.7 Å². The lowest BCUT2D eigenvalue weighted by Gasteiger charge is -2.33. The Hall–Kier alpha value is -4.06. The van der Waals surface area contributed by atoms with Crippen LogP contribution < -0.4 is 9.64 Å². The highest BCUT2D eigenvalue weighted by atomic mass is 16.6. The number of nitrogens with zero attached hydrogens (tertiary/aromatic N) is 2. The number of ether oxygens (including phenoxy) is 2. The third kappa shape index (κ3) is 3.28. The summed E-state index contributed by atoms with van der Waals surface area (Å²) in [5.41, 5.74) is 0.236. The molecule has 3 aliphatic heterocycles. The number of fused-ring (bicyclic) bond motifs is 7. The minimum atomic E-state index is -1.20. The Labute approximate surface area is 231 Å². The summed E-state index contributed by atoms with van der Waals surface area (Å²) in [4.78, 5) is 41.6. The van der Waals surface area contributed by atoms with E-state index in [0.29, 0.717) is 46.2 Å². The van der Waals surface area contributed by atoms with Crippen LogP contribution in [0.2, 0.25) is 0 Å². The highest BCUT2D eigenvalue weighted by Crippen LogP contribution is 2.62. The number of imide groups is 1. The zero-order valence-corrected chi connectivity index (χ0v) is 22.1. The number of hydrogen-bond donors (Lipinski definition) is 1. The number of ketones is 1. The van der Waals surface area contributed by atoms with E-state index >= 15 is 0 Å². The third-order valence-corrected chi connectivity index (χ3v) is 9.42. The SMILES string of the molecule is C[C@@]12O[C@@](CCOc3cccc4c3CCCC4=O)(CC1O)[C@@H]1C(=O)N(c3ccc(C#N)c4ccccc34)C(=O)[C@@H]12. The second-order valence-electron chi connectivity index (χ2n) is 11.5. The minimum absolute atomic E-state index is 0.118. The molecule has 7 rings (SSSR count). The highest BCUT2D eigenvalue weighted by molar-refractivity contribution is 6.26. The number of aliphatic hydroxyl groups is 1. The first kappa shape index (κ1) is 24.9. The number of Topliss-reactive ketones (excluding diaryl/α,β-unsaturated/α-hetero) is 1. The first-order valence-electron chi connectivity index (χ1n) is 13.7. The van der Waals surface area contributed by atoms with E-state index in [1.165, 1.54) is 4.90 Å². The van der Waals surface area contributed by atoms with Gasteiger partial charge in [0.2, 0.25) is 11.8 Å². The topological polar surface area (TPSA) is 117 Å².